The molecular weight excluding hydrogens is 312 g/mol. The van der Waals surface area contributed by atoms with Crippen LogP contribution in [0, 0.1) is 0 Å². The van der Waals surface area contributed by atoms with E-state index in [0.29, 0.717) is 18.2 Å². The number of hydrogen-bond donors (Lipinski definition) is 2. The van der Waals surface area contributed by atoms with Crippen LogP contribution in [0.15, 0.2) is 42.5 Å². The second kappa shape index (κ2) is 7.13. The van der Waals surface area contributed by atoms with Crippen molar-refractivity contribution in [3.8, 4) is 0 Å². The molecule has 2 aromatic carbocycles. The minimum Gasteiger partial charge on any atom is -0.376 e. The average Bonchev–Trinajstić information content (AvgIpc) is 2.56. The van der Waals surface area contributed by atoms with E-state index in [-0.39, 0.29) is 0 Å². The summed E-state index contributed by atoms with van der Waals surface area (Å²) in [5.74, 6) is -0.409. The van der Waals surface area contributed by atoms with Gasteiger partial charge in [0.1, 0.15) is 6.04 Å². The first kappa shape index (κ1) is 16.0. The van der Waals surface area contributed by atoms with Gasteiger partial charge in [-0.2, -0.15) is 0 Å². The summed E-state index contributed by atoms with van der Waals surface area (Å²) in [7, 11) is 0. The third-order valence-corrected chi connectivity index (χ3v) is 4.29. The predicted octanol–water partition coefficient (Wildman–Crippen LogP) is 2.73. The Kier molecular flexibility index (Phi) is 4.96. The molecule has 0 aromatic heterocycles. The smallest absolute Gasteiger partial charge is 0.239 e. The van der Waals surface area contributed by atoms with Gasteiger partial charge in [0.05, 0.1) is 13.2 Å². The number of hydrogen-bond acceptors (Lipinski definition) is 3. The van der Waals surface area contributed by atoms with Crippen molar-refractivity contribution in [1.82, 2.24) is 5.32 Å². The van der Waals surface area contributed by atoms with E-state index >= 15 is 0 Å². The molecule has 0 radical (unpaired) electrons. The van der Waals surface area contributed by atoms with Crippen LogP contribution >= 0.6 is 11.6 Å². The minimum atomic E-state index is -0.542. The highest BCUT2D eigenvalue weighted by atomic mass is 35.5. The Hall–Kier alpha value is -1.88. The number of nitrogens with one attached hydrogen (secondary N) is 1. The molecule has 1 unspecified atom stereocenters. The van der Waals surface area contributed by atoms with Crippen molar-refractivity contribution in [2.75, 3.05) is 6.61 Å². The third kappa shape index (κ3) is 3.91. The number of fused-ring (bicyclic) bond motifs is 1. The van der Waals surface area contributed by atoms with Crippen molar-refractivity contribution in [2.45, 2.75) is 25.6 Å². The molecule has 0 bridgehead atoms. The molecule has 0 spiro atoms. The maximum absolute atomic E-state index is 11.7. The normalized spacial score (nSPS) is 15.0. The fourth-order valence-electron chi connectivity index (χ4n) is 2.79. The van der Waals surface area contributed by atoms with Crippen LogP contribution in [0.1, 0.15) is 28.3 Å². The van der Waals surface area contributed by atoms with Crippen molar-refractivity contribution in [2.24, 2.45) is 5.73 Å². The number of rotatable bonds is 5. The van der Waals surface area contributed by atoms with Gasteiger partial charge >= 0.3 is 0 Å². The Labute approximate surface area is 140 Å². The summed E-state index contributed by atoms with van der Waals surface area (Å²) in [4.78, 5) is 11.7. The first-order chi connectivity index (χ1) is 11.1. The fourth-order valence-corrected chi connectivity index (χ4v) is 2.92. The van der Waals surface area contributed by atoms with Gasteiger partial charge in [-0.3, -0.25) is 10.1 Å². The van der Waals surface area contributed by atoms with Crippen LogP contribution in [0.3, 0.4) is 0 Å². The van der Waals surface area contributed by atoms with Crippen LogP contribution in [-0.2, 0) is 29.1 Å². The summed E-state index contributed by atoms with van der Waals surface area (Å²) in [6, 6.07) is 12.9. The van der Waals surface area contributed by atoms with Crippen molar-refractivity contribution < 1.29 is 9.53 Å². The summed E-state index contributed by atoms with van der Waals surface area (Å²) >= 11 is 5.89. The van der Waals surface area contributed by atoms with Gasteiger partial charge in [-0.15, -0.1) is 0 Å². The van der Waals surface area contributed by atoms with E-state index in [1.165, 1.54) is 11.1 Å². The molecule has 1 heterocycles. The van der Waals surface area contributed by atoms with Crippen LogP contribution in [-0.4, -0.2) is 12.5 Å². The van der Waals surface area contributed by atoms with E-state index in [1.807, 2.05) is 12.1 Å². The zero-order valence-corrected chi connectivity index (χ0v) is 13.5. The second-order valence-electron chi connectivity index (χ2n) is 5.67. The first-order valence-electron chi connectivity index (χ1n) is 7.60. The molecule has 1 amide bonds. The topological polar surface area (TPSA) is 64.4 Å². The monoisotopic (exact) mass is 330 g/mol. The Bertz CT molecular complexity index is 701. The van der Waals surface area contributed by atoms with Crippen molar-refractivity contribution in [1.29, 1.82) is 0 Å². The SMILES string of the molecule is NC(=O)C(NCc1ccc2c(c1)COCC2)c1ccc(Cl)cc1. The molecular formula is C18H19ClN2O2. The van der Waals surface area contributed by atoms with E-state index in [0.717, 1.165) is 24.2 Å². The van der Waals surface area contributed by atoms with Crippen LogP contribution in [0.5, 0.6) is 0 Å². The molecule has 4 nitrogen and oxygen atoms in total. The summed E-state index contributed by atoms with van der Waals surface area (Å²) in [6.45, 7) is 1.99. The maximum Gasteiger partial charge on any atom is 0.239 e. The second-order valence-corrected chi connectivity index (χ2v) is 6.11. The fraction of sp³-hybridized carbons (Fsp3) is 0.278. The maximum atomic E-state index is 11.7. The molecule has 3 N–H and O–H groups in total. The van der Waals surface area contributed by atoms with Crippen LogP contribution in [0.4, 0.5) is 0 Å². The first-order valence-corrected chi connectivity index (χ1v) is 7.98. The molecule has 1 atom stereocenters. The van der Waals surface area contributed by atoms with E-state index < -0.39 is 11.9 Å². The van der Waals surface area contributed by atoms with Crippen molar-refractivity contribution >= 4 is 17.5 Å². The van der Waals surface area contributed by atoms with Crippen molar-refractivity contribution in [3.05, 3.63) is 69.7 Å². The number of halogens is 1. The summed E-state index contributed by atoms with van der Waals surface area (Å²) in [5, 5.41) is 3.85. The lowest BCUT2D eigenvalue weighted by atomic mass is 10.00. The van der Waals surface area contributed by atoms with Gasteiger partial charge in [0.15, 0.2) is 0 Å². The zero-order chi connectivity index (χ0) is 16.2. The van der Waals surface area contributed by atoms with E-state index in [1.54, 1.807) is 12.1 Å². The molecule has 0 saturated carbocycles. The number of benzene rings is 2. The van der Waals surface area contributed by atoms with Crippen LogP contribution in [0.2, 0.25) is 5.02 Å². The standard InChI is InChI=1S/C18H19ClN2O2/c19-16-5-3-14(4-6-16)17(18(20)22)21-10-12-1-2-13-7-8-23-11-15(13)9-12/h1-6,9,17,21H,7-8,10-11H2,(H2,20,22). The Balaban J connectivity index is 1.72. The average molecular weight is 331 g/mol. The molecule has 1 aliphatic rings. The number of carbonyl (C=O) groups excluding carboxylic acids is 1. The molecule has 120 valence electrons. The van der Waals surface area contributed by atoms with Gasteiger partial charge < -0.3 is 10.5 Å². The van der Waals surface area contributed by atoms with Gasteiger partial charge in [-0.1, -0.05) is 41.9 Å². The molecule has 2 aromatic rings. The van der Waals surface area contributed by atoms with Crippen LogP contribution in [0.25, 0.3) is 0 Å². The lowest BCUT2D eigenvalue weighted by Crippen LogP contribution is -2.33. The Morgan fingerprint density at radius 2 is 2.00 bits per heavy atom. The minimum absolute atomic E-state index is 0.409. The summed E-state index contributed by atoms with van der Waals surface area (Å²) in [5.41, 5.74) is 10.00. The number of carbonyl (C=O) groups is 1. The third-order valence-electron chi connectivity index (χ3n) is 4.04. The molecule has 1 aliphatic heterocycles. The molecule has 5 heteroatoms. The highest BCUT2D eigenvalue weighted by Gasteiger charge is 2.17. The summed E-state index contributed by atoms with van der Waals surface area (Å²) in [6.07, 6.45) is 0.956. The van der Waals surface area contributed by atoms with Crippen molar-refractivity contribution in [3.63, 3.8) is 0 Å². The quantitative estimate of drug-likeness (QED) is 0.886. The highest BCUT2D eigenvalue weighted by Crippen LogP contribution is 2.20. The molecule has 23 heavy (non-hydrogen) atoms. The molecule has 0 aliphatic carbocycles. The Morgan fingerprint density at radius 1 is 1.22 bits per heavy atom. The summed E-state index contributed by atoms with van der Waals surface area (Å²) < 4.78 is 5.49. The molecule has 3 rings (SSSR count). The predicted molar refractivity (Wildman–Crippen MR) is 90.0 cm³/mol. The van der Waals surface area contributed by atoms with E-state index in [9.17, 15) is 4.79 Å². The van der Waals surface area contributed by atoms with Gasteiger partial charge in [-0.05, 0) is 40.8 Å². The van der Waals surface area contributed by atoms with E-state index in [2.05, 4.69) is 23.5 Å². The Morgan fingerprint density at radius 3 is 2.74 bits per heavy atom. The highest BCUT2D eigenvalue weighted by molar-refractivity contribution is 6.30. The lowest BCUT2D eigenvalue weighted by molar-refractivity contribution is -0.120. The molecule has 0 saturated heterocycles. The van der Waals surface area contributed by atoms with Crippen LogP contribution < -0.4 is 11.1 Å². The van der Waals surface area contributed by atoms with Gasteiger partial charge in [-0.25, -0.2) is 0 Å². The largest absolute Gasteiger partial charge is 0.376 e. The molecule has 0 fully saturated rings. The van der Waals surface area contributed by atoms with E-state index in [4.69, 9.17) is 22.1 Å². The zero-order valence-electron chi connectivity index (χ0n) is 12.7. The number of amides is 1. The lowest BCUT2D eigenvalue weighted by Gasteiger charge is -2.19. The number of nitrogens with two attached hydrogens (primary N) is 1. The van der Waals surface area contributed by atoms with Gasteiger partial charge in [0.25, 0.3) is 0 Å². The van der Waals surface area contributed by atoms with Gasteiger partial charge in [0.2, 0.25) is 5.91 Å². The number of ether oxygens (including phenoxy) is 1. The number of primary amides is 1. The van der Waals surface area contributed by atoms with Gasteiger partial charge in [0, 0.05) is 11.6 Å².